The van der Waals surface area contributed by atoms with E-state index in [-0.39, 0.29) is 0 Å². The molecule has 2 unspecified atom stereocenters. The van der Waals surface area contributed by atoms with Crippen LogP contribution in [0.3, 0.4) is 0 Å². The standard InChI is InChI=1S/C16H19ClN2O/c1-2-20-15-9-14(16(15)6-3-7-16)19-12-5-4-11(10-18)13(17)8-12/h4-5,8,14-15,19H,2-3,6-7,9H2,1H3. The topological polar surface area (TPSA) is 45.0 Å². The van der Waals surface area contributed by atoms with E-state index in [0.717, 1.165) is 18.7 Å². The minimum absolute atomic E-state index is 0.330. The fourth-order valence-electron chi connectivity index (χ4n) is 3.54. The highest BCUT2D eigenvalue weighted by atomic mass is 35.5. The fourth-order valence-corrected chi connectivity index (χ4v) is 3.76. The molecule has 3 rings (SSSR count). The Bertz CT molecular complexity index is 548. The second-order valence-electron chi connectivity index (χ2n) is 5.77. The molecule has 2 saturated carbocycles. The molecule has 1 aromatic rings. The summed E-state index contributed by atoms with van der Waals surface area (Å²) >= 11 is 6.08. The molecule has 4 heteroatoms. The molecule has 0 saturated heterocycles. The SMILES string of the molecule is CCOC1CC(Nc2ccc(C#N)c(Cl)c2)C12CCC2. The summed E-state index contributed by atoms with van der Waals surface area (Å²) < 4.78 is 5.85. The molecule has 1 N–H and O–H groups in total. The predicted molar refractivity (Wildman–Crippen MR) is 79.9 cm³/mol. The van der Waals surface area contributed by atoms with Crippen LogP contribution in [-0.2, 0) is 4.74 Å². The molecule has 0 heterocycles. The second kappa shape index (κ2) is 5.27. The molecule has 0 aromatic heterocycles. The van der Waals surface area contributed by atoms with E-state index >= 15 is 0 Å². The predicted octanol–water partition coefficient (Wildman–Crippen LogP) is 3.97. The molecule has 0 aliphatic heterocycles. The van der Waals surface area contributed by atoms with Crippen LogP contribution in [0.25, 0.3) is 0 Å². The molecule has 3 nitrogen and oxygen atoms in total. The molecule has 2 aliphatic carbocycles. The van der Waals surface area contributed by atoms with Crippen molar-refractivity contribution >= 4 is 17.3 Å². The average molecular weight is 291 g/mol. The van der Waals surface area contributed by atoms with Gasteiger partial charge in [-0.3, -0.25) is 0 Å². The Labute approximate surface area is 124 Å². The monoisotopic (exact) mass is 290 g/mol. The summed E-state index contributed by atoms with van der Waals surface area (Å²) in [5, 5.41) is 13.0. The van der Waals surface area contributed by atoms with Crippen LogP contribution >= 0.6 is 11.6 Å². The van der Waals surface area contributed by atoms with Crippen molar-refractivity contribution in [3.05, 3.63) is 28.8 Å². The Balaban J connectivity index is 1.70. The van der Waals surface area contributed by atoms with Gasteiger partial charge in [-0.05, 0) is 44.4 Å². The lowest BCUT2D eigenvalue weighted by molar-refractivity contribution is -0.157. The number of ether oxygens (including phenoxy) is 1. The van der Waals surface area contributed by atoms with E-state index < -0.39 is 0 Å². The van der Waals surface area contributed by atoms with Gasteiger partial charge in [-0.1, -0.05) is 18.0 Å². The number of rotatable bonds is 4. The lowest BCUT2D eigenvalue weighted by Gasteiger charge is -2.61. The van der Waals surface area contributed by atoms with Gasteiger partial charge in [0.2, 0.25) is 0 Å². The summed E-state index contributed by atoms with van der Waals surface area (Å²) in [5.74, 6) is 0. The van der Waals surface area contributed by atoms with Gasteiger partial charge in [0, 0.05) is 23.8 Å². The van der Waals surface area contributed by atoms with Crippen molar-refractivity contribution in [1.29, 1.82) is 5.26 Å². The van der Waals surface area contributed by atoms with E-state index in [0.29, 0.717) is 28.1 Å². The number of halogens is 1. The van der Waals surface area contributed by atoms with Crippen molar-refractivity contribution in [3.8, 4) is 6.07 Å². The third kappa shape index (κ3) is 2.08. The highest BCUT2D eigenvalue weighted by molar-refractivity contribution is 6.32. The van der Waals surface area contributed by atoms with Gasteiger partial charge in [0.15, 0.2) is 0 Å². The molecule has 2 atom stereocenters. The van der Waals surface area contributed by atoms with Crippen LogP contribution in [0.4, 0.5) is 5.69 Å². The fraction of sp³-hybridized carbons (Fsp3) is 0.562. The molecule has 0 amide bonds. The van der Waals surface area contributed by atoms with Gasteiger partial charge < -0.3 is 10.1 Å². The van der Waals surface area contributed by atoms with Crippen LogP contribution in [0, 0.1) is 16.7 Å². The Morgan fingerprint density at radius 2 is 2.30 bits per heavy atom. The minimum atomic E-state index is 0.330. The summed E-state index contributed by atoms with van der Waals surface area (Å²) in [7, 11) is 0. The van der Waals surface area contributed by atoms with Gasteiger partial charge in [0.05, 0.1) is 16.7 Å². The Hall–Kier alpha value is -1.24. The first-order chi connectivity index (χ1) is 9.69. The molecule has 106 valence electrons. The number of nitrogens with zero attached hydrogens (tertiary/aromatic N) is 1. The highest BCUT2D eigenvalue weighted by Crippen LogP contribution is 2.58. The van der Waals surface area contributed by atoms with E-state index in [1.54, 1.807) is 6.07 Å². The van der Waals surface area contributed by atoms with E-state index in [2.05, 4.69) is 18.3 Å². The molecular formula is C16H19ClN2O. The average Bonchev–Trinajstić information content (AvgIpc) is 2.35. The molecule has 1 aromatic carbocycles. The Morgan fingerprint density at radius 3 is 2.85 bits per heavy atom. The molecular weight excluding hydrogens is 272 g/mol. The van der Waals surface area contributed by atoms with Gasteiger partial charge in [0.25, 0.3) is 0 Å². The lowest BCUT2D eigenvalue weighted by atomic mass is 9.51. The molecule has 0 bridgehead atoms. The zero-order valence-electron chi connectivity index (χ0n) is 11.7. The van der Waals surface area contributed by atoms with Crippen LogP contribution < -0.4 is 5.32 Å². The van der Waals surface area contributed by atoms with Crippen LogP contribution in [0.1, 0.15) is 38.2 Å². The largest absolute Gasteiger partial charge is 0.382 e. The maximum Gasteiger partial charge on any atom is 0.101 e. The van der Waals surface area contributed by atoms with Crippen LogP contribution in [0.15, 0.2) is 18.2 Å². The van der Waals surface area contributed by atoms with Crippen molar-refractivity contribution < 1.29 is 4.74 Å². The molecule has 2 fully saturated rings. The van der Waals surface area contributed by atoms with Crippen LogP contribution in [-0.4, -0.2) is 18.8 Å². The van der Waals surface area contributed by atoms with Gasteiger partial charge in [-0.2, -0.15) is 5.26 Å². The summed E-state index contributed by atoms with van der Waals surface area (Å²) in [6.07, 6.45) is 5.27. The zero-order valence-corrected chi connectivity index (χ0v) is 12.4. The Morgan fingerprint density at radius 1 is 1.50 bits per heavy atom. The normalized spacial score (nSPS) is 26.4. The molecule has 2 aliphatic rings. The summed E-state index contributed by atoms with van der Waals surface area (Å²) in [4.78, 5) is 0. The highest BCUT2D eigenvalue weighted by Gasteiger charge is 2.58. The number of hydrogen-bond donors (Lipinski definition) is 1. The maximum atomic E-state index is 8.90. The van der Waals surface area contributed by atoms with Gasteiger partial charge >= 0.3 is 0 Å². The Kier molecular flexibility index (Phi) is 3.62. The smallest absolute Gasteiger partial charge is 0.101 e. The zero-order chi connectivity index (χ0) is 14.2. The maximum absolute atomic E-state index is 8.90. The second-order valence-corrected chi connectivity index (χ2v) is 6.18. The van der Waals surface area contributed by atoms with E-state index in [1.165, 1.54) is 19.3 Å². The quantitative estimate of drug-likeness (QED) is 0.912. The number of nitriles is 1. The number of nitrogens with one attached hydrogen (secondary N) is 1. The van der Waals surface area contributed by atoms with Crippen molar-refractivity contribution in [1.82, 2.24) is 0 Å². The lowest BCUT2D eigenvalue weighted by Crippen LogP contribution is -2.64. The summed E-state index contributed by atoms with van der Waals surface area (Å²) in [6.45, 7) is 2.86. The van der Waals surface area contributed by atoms with Gasteiger partial charge in [0.1, 0.15) is 6.07 Å². The van der Waals surface area contributed by atoms with Crippen LogP contribution in [0.2, 0.25) is 5.02 Å². The number of anilines is 1. The van der Waals surface area contributed by atoms with Gasteiger partial charge in [-0.25, -0.2) is 0 Å². The van der Waals surface area contributed by atoms with Crippen molar-refractivity contribution in [2.24, 2.45) is 5.41 Å². The first-order valence-electron chi connectivity index (χ1n) is 7.27. The number of benzene rings is 1. The minimum Gasteiger partial charge on any atom is -0.382 e. The first kappa shape index (κ1) is 13.7. The van der Waals surface area contributed by atoms with Gasteiger partial charge in [-0.15, -0.1) is 0 Å². The summed E-state index contributed by atoms with van der Waals surface area (Å²) in [6, 6.07) is 8.11. The summed E-state index contributed by atoms with van der Waals surface area (Å²) in [5.41, 5.74) is 1.85. The molecule has 1 spiro atoms. The number of hydrogen-bond acceptors (Lipinski definition) is 3. The third-order valence-electron chi connectivity index (χ3n) is 4.87. The van der Waals surface area contributed by atoms with E-state index in [4.69, 9.17) is 21.6 Å². The first-order valence-corrected chi connectivity index (χ1v) is 7.65. The van der Waals surface area contributed by atoms with E-state index in [9.17, 15) is 0 Å². The molecule has 20 heavy (non-hydrogen) atoms. The van der Waals surface area contributed by atoms with Crippen LogP contribution in [0.5, 0.6) is 0 Å². The van der Waals surface area contributed by atoms with Crippen molar-refractivity contribution in [2.75, 3.05) is 11.9 Å². The molecule has 0 radical (unpaired) electrons. The van der Waals surface area contributed by atoms with Crippen molar-refractivity contribution in [3.63, 3.8) is 0 Å². The third-order valence-corrected chi connectivity index (χ3v) is 5.18. The van der Waals surface area contributed by atoms with Crippen molar-refractivity contribution in [2.45, 2.75) is 44.8 Å². The van der Waals surface area contributed by atoms with E-state index in [1.807, 2.05) is 12.1 Å².